The average molecular weight is 350 g/mol. The van der Waals surface area contributed by atoms with E-state index in [-0.39, 0.29) is 5.54 Å². The molecule has 0 saturated heterocycles. The molecule has 0 aliphatic carbocycles. The first-order valence-electron chi connectivity index (χ1n) is 7.43. The Hall–Kier alpha value is -1.13. The van der Waals surface area contributed by atoms with Gasteiger partial charge in [0.2, 0.25) is 0 Å². The molecule has 0 amide bonds. The molecule has 0 spiro atoms. The normalized spacial score (nSPS) is 11.8. The van der Waals surface area contributed by atoms with Gasteiger partial charge in [-0.05, 0) is 63.4 Å². The predicted octanol–water partition coefficient (Wildman–Crippen LogP) is 4.01. The van der Waals surface area contributed by atoms with Gasteiger partial charge < -0.3 is 5.32 Å². The monoisotopic (exact) mass is 349 g/mol. The Bertz CT molecular complexity index is 552. The van der Waals surface area contributed by atoms with Gasteiger partial charge in [0.25, 0.3) is 0 Å². The molecule has 1 aromatic heterocycles. The first-order chi connectivity index (χ1) is 9.92. The van der Waals surface area contributed by atoms with Gasteiger partial charge in [-0.15, -0.1) is 0 Å². The van der Waals surface area contributed by atoms with E-state index in [1.807, 2.05) is 10.9 Å². The summed E-state index contributed by atoms with van der Waals surface area (Å²) < 4.78 is 3.12. The number of rotatable bonds is 6. The van der Waals surface area contributed by atoms with Crippen LogP contribution in [-0.2, 0) is 13.0 Å². The van der Waals surface area contributed by atoms with Gasteiger partial charge in [0, 0.05) is 16.2 Å². The summed E-state index contributed by atoms with van der Waals surface area (Å²) in [7, 11) is 0. The van der Waals surface area contributed by atoms with Gasteiger partial charge in [0.15, 0.2) is 0 Å². The lowest BCUT2D eigenvalue weighted by atomic mass is 10.1. The van der Waals surface area contributed by atoms with Crippen molar-refractivity contribution in [1.82, 2.24) is 15.1 Å². The number of aryl methyl sites for hydroxylation is 1. The number of hydrogen-bond donors (Lipinski definition) is 1. The van der Waals surface area contributed by atoms with E-state index in [1.54, 1.807) is 0 Å². The van der Waals surface area contributed by atoms with Gasteiger partial charge in [-0.2, -0.15) is 5.10 Å². The van der Waals surface area contributed by atoms with Gasteiger partial charge in [-0.1, -0.05) is 28.1 Å². The van der Waals surface area contributed by atoms with Crippen molar-refractivity contribution in [1.29, 1.82) is 0 Å². The molecular weight excluding hydrogens is 326 g/mol. The number of nitrogens with zero attached hydrogens (tertiary/aromatic N) is 2. The van der Waals surface area contributed by atoms with Gasteiger partial charge in [0.05, 0.1) is 12.7 Å². The van der Waals surface area contributed by atoms with Crippen molar-refractivity contribution in [2.24, 2.45) is 0 Å². The topological polar surface area (TPSA) is 29.9 Å². The molecule has 114 valence electrons. The quantitative estimate of drug-likeness (QED) is 0.798. The van der Waals surface area contributed by atoms with Gasteiger partial charge in [-0.3, -0.25) is 4.68 Å². The number of aromatic nitrogens is 2. The molecule has 0 unspecified atom stereocenters. The summed E-state index contributed by atoms with van der Waals surface area (Å²) in [6, 6.07) is 8.38. The van der Waals surface area contributed by atoms with Crippen LogP contribution in [0.5, 0.6) is 0 Å². The molecule has 21 heavy (non-hydrogen) atoms. The van der Waals surface area contributed by atoms with E-state index in [0.29, 0.717) is 0 Å². The van der Waals surface area contributed by atoms with Crippen molar-refractivity contribution in [3.63, 3.8) is 0 Å². The molecule has 3 nitrogen and oxygen atoms in total. The molecule has 0 fully saturated rings. The van der Waals surface area contributed by atoms with Crippen molar-refractivity contribution in [2.45, 2.75) is 45.7 Å². The zero-order valence-corrected chi connectivity index (χ0v) is 14.7. The second-order valence-corrected chi connectivity index (χ2v) is 7.37. The summed E-state index contributed by atoms with van der Waals surface area (Å²) in [5.74, 6) is 0. The standard InChI is InChI=1S/C17H24BrN3/c1-17(2,3)19-10-4-5-15-11-20-21(13-15)12-14-6-8-16(18)9-7-14/h6-9,11,13,19H,4-5,10,12H2,1-3H3. The van der Waals surface area contributed by atoms with E-state index in [0.717, 1.165) is 30.4 Å². The van der Waals surface area contributed by atoms with Crippen LogP contribution in [0.3, 0.4) is 0 Å². The Balaban J connectivity index is 1.80. The molecule has 0 atom stereocenters. The third kappa shape index (κ3) is 6.02. The Morgan fingerprint density at radius 1 is 1.14 bits per heavy atom. The zero-order chi connectivity index (χ0) is 15.3. The van der Waals surface area contributed by atoms with Crippen molar-refractivity contribution in [3.8, 4) is 0 Å². The van der Waals surface area contributed by atoms with Gasteiger partial charge in [0.1, 0.15) is 0 Å². The summed E-state index contributed by atoms with van der Waals surface area (Å²) in [6.07, 6.45) is 6.35. The van der Waals surface area contributed by atoms with Gasteiger partial charge in [-0.25, -0.2) is 0 Å². The van der Waals surface area contributed by atoms with Crippen LogP contribution in [-0.4, -0.2) is 21.9 Å². The largest absolute Gasteiger partial charge is 0.312 e. The van der Waals surface area contributed by atoms with Crippen LogP contribution in [0.4, 0.5) is 0 Å². The molecule has 0 saturated carbocycles. The molecule has 1 aromatic carbocycles. The fourth-order valence-corrected chi connectivity index (χ4v) is 2.42. The van der Waals surface area contributed by atoms with Crippen molar-refractivity contribution >= 4 is 15.9 Å². The maximum Gasteiger partial charge on any atom is 0.0659 e. The SMILES string of the molecule is CC(C)(C)NCCCc1cnn(Cc2ccc(Br)cc2)c1. The van der Waals surface area contributed by atoms with Gasteiger partial charge >= 0.3 is 0 Å². The van der Waals surface area contributed by atoms with Crippen molar-refractivity contribution in [3.05, 3.63) is 52.3 Å². The lowest BCUT2D eigenvalue weighted by Gasteiger charge is -2.20. The minimum Gasteiger partial charge on any atom is -0.312 e. The molecule has 0 aliphatic heterocycles. The van der Waals surface area contributed by atoms with Crippen LogP contribution in [0.25, 0.3) is 0 Å². The number of hydrogen-bond acceptors (Lipinski definition) is 2. The van der Waals surface area contributed by atoms with E-state index >= 15 is 0 Å². The summed E-state index contributed by atoms with van der Waals surface area (Å²) in [6.45, 7) is 8.46. The Morgan fingerprint density at radius 2 is 1.86 bits per heavy atom. The van der Waals surface area contributed by atoms with Crippen LogP contribution in [0.15, 0.2) is 41.1 Å². The fourth-order valence-electron chi connectivity index (χ4n) is 2.15. The fraction of sp³-hybridized carbons (Fsp3) is 0.471. The maximum atomic E-state index is 4.45. The van der Waals surface area contributed by atoms with E-state index < -0.39 is 0 Å². The molecule has 1 N–H and O–H groups in total. The molecule has 1 heterocycles. The lowest BCUT2D eigenvalue weighted by Crippen LogP contribution is -2.36. The minimum absolute atomic E-state index is 0.200. The number of halogens is 1. The van der Waals surface area contributed by atoms with Crippen LogP contribution >= 0.6 is 15.9 Å². The highest BCUT2D eigenvalue weighted by Crippen LogP contribution is 2.12. The lowest BCUT2D eigenvalue weighted by molar-refractivity contribution is 0.422. The second kappa shape index (κ2) is 7.23. The first kappa shape index (κ1) is 16.2. The molecule has 4 heteroatoms. The zero-order valence-electron chi connectivity index (χ0n) is 13.1. The van der Waals surface area contributed by atoms with Crippen LogP contribution in [0.1, 0.15) is 38.3 Å². The summed E-state index contributed by atoms with van der Waals surface area (Å²) in [5.41, 5.74) is 2.77. The third-order valence-corrected chi connectivity index (χ3v) is 3.77. The number of nitrogens with one attached hydrogen (secondary N) is 1. The third-order valence-electron chi connectivity index (χ3n) is 3.24. The van der Waals surface area contributed by atoms with E-state index in [9.17, 15) is 0 Å². The van der Waals surface area contributed by atoms with E-state index in [1.165, 1.54) is 11.1 Å². The highest BCUT2D eigenvalue weighted by molar-refractivity contribution is 9.10. The van der Waals surface area contributed by atoms with Crippen molar-refractivity contribution < 1.29 is 0 Å². The molecule has 2 aromatic rings. The maximum absolute atomic E-state index is 4.45. The number of benzene rings is 1. The van der Waals surface area contributed by atoms with Crippen LogP contribution in [0.2, 0.25) is 0 Å². The highest BCUT2D eigenvalue weighted by Gasteiger charge is 2.07. The Labute approximate surface area is 135 Å². The smallest absolute Gasteiger partial charge is 0.0659 e. The molecular formula is C17H24BrN3. The Morgan fingerprint density at radius 3 is 2.52 bits per heavy atom. The minimum atomic E-state index is 0.200. The molecule has 0 bridgehead atoms. The summed E-state index contributed by atoms with van der Waals surface area (Å²) in [5, 5.41) is 7.96. The van der Waals surface area contributed by atoms with E-state index in [2.05, 4.69) is 77.6 Å². The first-order valence-corrected chi connectivity index (χ1v) is 8.22. The van der Waals surface area contributed by atoms with Crippen LogP contribution in [0, 0.1) is 0 Å². The molecule has 0 radical (unpaired) electrons. The molecule has 2 rings (SSSR count). The summed E-state index contributed by atoms with van der Waals surface area (Å²) in [4.78, 5) is 0. The average Bonchev–Trinajstić information content (AvgIpc) is 2.84. The van der Waals surface area contributed by atoms with Crippen molar-refractivity contribution in [2.75, 3.05) is 6.54 Å². The Kier molecular flexibility index (Phi) is 5.59. The second-order valence-electron chi connectivity index (χ2n) is 6.45. The molecule has 0 aliphatic rings. The highest BCUT2D eigenvalue weighted by atomic mass is 79.9. The van der Waals surface area contributed by atoms with E-state index in [4.69, 9.17) is 0 Å². The predicted molar refractivity (Wildman–Crippen MR) is 91.5 cm³/mol. The van der Waals surface area contributed by atoms with Crippen LogP contribution < -0.4 is 5.32 Å². The summed E-state index contributed by atoms with van der Waals surface area (Å²) >= 11 is 3.46.